The van der Waals surface area contributed by atoms with Crippen LogP contribution < -0.4 is 9.66 Å². The van der Waals surface area contributed by atoms with Crippen LogP contribution in [0.2, 0.25) is 0 Å². The Morgan fingerprint density at radius 2 is 1.24 bits per heavy atom. The summed E-state index contributed by atoms with van der Waals surface area (Å²) in [6, 6.07) is 13.4. The molecule has 9 heteroatoms. The predicted octanol–water partition coefficient (Wildman–Crippen LogP) is 1.62. The van der Waals surface area contributed by atoms with Gasteiger partial charge in [0.1, 0.15) is 0 Å². The van der Waals surface area contributed by atoms with Crippen molar-refractivity contribution < 1.29 is 16.8 Å². The Balaban J connectivity index is 2.20. The Morgan fingerprint density at radius 3 is 1.81 bits per heavy atom. The summed E-state index contributed by atoms with van der Waals surface area (Å²) in [7, 11) is -7.96. The van der Waals surface area contributed by atoms with Crippen LogP contribution in [-0.4, -0.2) is 16.8 Å². The molecule has 21 heavy (non-hydrogen) atoms. The third-order valence-corrected chi connectivity index (χ3v) is 5.60. The second-order valence-corrected chi connectivity index (χ2v) is 8.26. The number of hydrazine groups is 1. The molecule has 0 fully saturated rings. The van der Waals surface area contributed by atoms with Gasteiger partial charge in [-0.2, -0.15) is 0 Å². The highest BCUT2D eigenvalue weighted by atomic mass is 79.9. The highest BCUT2D eigenvalue weighted by Gasteiger charge is 2.19. The van der Waals surface area contributed by atoms with Gasteiger partial charge in [-0.1, -0.05) is 40.2 Å². The molecular weight excluding hydrogens is 380 g/mol. The van der Waals surface area contributed by atoms with Crippen molar-refractivity contribution in [3.05, 3.63) is 59.1 Å². The monoisotopic (exact) mass is 390 g/mol. The van der Waals surface area contributed by atoms with Crippen LogP contribution in [0.3, 0.4) is 0 Å². The molecule has 0 unspecified atom stereocenters. The third kappa shape index (κ3) is 4.11. The van der Waals surface area contributed by atoms with Gasteiger partial charge in [-0.15, -0.1) is 9.66 Å². The van der Waals surface area contributed by atoms with Crippen LogP contribution in [0.4, 0.5) is 0 Å². The molecule has 0 heterocycles. The van der Waals surface area contributed by atoms with Gasteiger partial charge in [0.2, 0.25) is 0 Å². The quantitative estimate of drug-likeness (QED) is 0.758. The summed E-state index contributed by atoms with van der Waals surface area (Å²) < 4.78 is 48.4. The number of halogens is 1. The van der Waals surface area contributed by atoms with Crippen LogP contribution in [0, 0.1) is 0 Å². The average molecular weight is 391 g/mol. The van der Waals surface area contributed by atoms with E-state index in [4.69, 9.17) is 0 Å². The van der Waals surface area contributed by atoms with Crippen LogP contribution >= 0.6 is 15.9 Å². The van der Waals surface area contributed by atoms with Gasteiger partial charge in [0, 0.05) is 4.47 Å². The first-order valence-corrected chi connectivity index (χ1v) is 9.41. The molecule has 0 radical (unpaired) electrons. The summed E-state index contributed by atoms with van der Waals surface area (Å²) in [6.07, 6.45) is 0. The van der Waals surface area contributed by atoms with E-state index in [9.17, 15) is 16.8 Å². The number of benzene rings is 2. The SMILES string of the molecule is O=S(=O)(NNS(=O)(=O)c1cccc(Br)c1)c1ccccc1. The molecular formula is C12H11BrN2O4S2. The van der Waals surface area contributed by atoms with E-state index in [0.717, 1.165) is 0 Å². The van der Waals surface area contributed by atoms with E-state index in [1.807, 2.05) is 9.66 Å². The van der Waals surface area contributed by atoms with E-state index in [1.165, 1.54) is 42.5 Å². The maximum absolute atomic E-state index is 12.0. The largest absolute Gasteiger partial charge is 0.254 e. The summed E-state index contributed by atoms with van der Waals surface area (Å²) in [5.74, 6) is 0. The first-order chi connectivity index (χ1) is 9.81. The summed E-state index contributed by atoms with van der Waals surface area (Å²) in [6.45, 7) is 0. The Kier molecular flexibility index (Phi) is 4.79. The zero-order chi connectivity index (χ0) is 15.5. The molecule has 0 aliphatic heterocycles. The van der Waals surface area contributed by atoms with Gasteiger partial charge in [-0.25, -0.2) is 16.8 Å². The van der Waals surface area contributed by atoms with Crippen LogP contribution in [0.1, 0.15) is 0 Å². The lowest BCUT2D eigenvalue weighted by Crippen LogP contribution is -2.41. The second kappa shape index (κ2) is 6.24. The van der Waals surface area contributed by atoms with Crippen molar-refractivity contribution in [2.24, 2.45) is 0 Å². The standard InChI is InChI=1S/C12H11BrN2O4S2/c13-10-5-4-8-12(9-10)21(18,19)15-14-20(16,17)11-6-2-1-3-7-11/h1-9,14-15H. The Morgan fingerprint density at radius 1 is 0.714 bits per heavy atom. The Labute approximate surface area is 131 Å². The normalized spacial score (nSPS) is 12.2. The molecule has 0 spiro atoms. The van der Waals surface area contributed by atoms with Gasteiger partial charge in [-0.3, -0.25) is 0 Å². The topological polar surface area (TPSA) is 92.3 Å². The fourth-order valence-corrected chi connectivity index (χ4v) is 4.18. The number of nitrogens with one attached hydrogen (secondary N) is 2. The van der Waals surface area contributed by atoms with Crippen molar-refractivity contribution in [3.63, 3.8) is 0 Å². The lowest BCUT2D eigenvalue weighted by Gasteiger charge is -2.09. The van der Waals surface area contributed by atoms with Gasteiger partial charge in [0.25, 0.3) is 20.0 Å². The summed E-state index contributed by atoms with van der Waals surface area (Å²) in [5, 5.41) is 0. The van der Waals surface area contributed by atoms with Gasteiger partial charge < -0.3 is 0 Å². The van der Waals surface area contributed by atoms with E-state index >= 15 is 0 Å². The molecule has 2 rings (SSSR count). The highest BCUT2D eigenvalue weighted by Crippen LogP contribution is 2.15. The van der Waals surface area contributed by atoms with E-state index in [2.05, 4.69) is 15.9 Å². The Bertz CT molecular complexity index is 837. The number of hydrogen-bond donors (Lipinski definition) is 2. The van der Waals surface area contributed by atoms with Gasteiger partial charge in [0.05, 0.1) is 9.79 Å². The Hall–Kier alpha value is -1.26. The van der Waals surface area contributed by atoms with E-state index in [0.29, 0.717) is 4.47 Å². The smallest absolute Gasteiger partial charge is 0.206 e. The molecule has 0 aliphatic carbocycles. The highest BCUT2D eigenvalue weighted by molar-refractivity contribution is 9.10. The molecule has 112 valence electrons. The van der Waals surface area contributed by atoms with Crippen LogP contribution in [0.5, 0.6) is 0 Å². The second-order valence-electron chi connectivity index (χ2n) is 3.98. The molecule has 2 aromatic rings. The van der Waals surface area contributed by atoms with E-state index < -0.39 is 20.0 Å². The van der Waals surface area contributed by atoms with E-state index in [1.54, 1.807) is 12.1 Å². The summed E-state index contributed by atoms with van der Waals surface area (Å²) >= 11 is 3.15. The zero-order valence-corrected chi connectivity index (χ0v) is 13.7. The maximum Gasteiger partial charge on any atom is 0.254 e. The average Bonchev–Trinajstić information content (AvgIpc) is 2.46. The van der Waals surface area contributed by atoms with Crippen LogP contribution in [0.25, 0.3) is 0 Å². The van der Waals surface area contributed by atoms with Crippen molar-refractivity contribution in [2.75, 3.05) is 0 Å². The number of sulfonamides is 2. The fraction of sp³-hybridized carbons (Fsp3) is 0. The first-order valence-electron chi connectivity index (χ1n) is 5.65. The van der Waals surface area contributed by atoms with Crippen molar-refractivity contribution in [1.29, 1.82) is 0 Å². The van der Waals surface area contributed by atoms with Gasteiger partial charge in [-0.05, 0) is 30.3 Å². The number of rotatable bonds is 5. The molecule has 0 bridgehead atoms. The summed E-state index contributed by atoms with van der Waals surface area (Å²) in [5.41, 5.74) is 0. The van der Waals surface area contributed by atoms with Crippen molar-refractivity contribution in [3.8, 4) is 0 Å². The lowest BCUT2D eigenvalue weighted by atomic mass is 10.4. The minimum absolute atomic E-state index is 0.0399. The predicted molar refractivity (Wildman–Crippen MR) is 81.2 cm³/mol. The number of hydrogen-bond acceptors (Lipinski definition) is 4. The molecule has 0 amide bonds. The molecule has 0 saturated heterocycles. The zero-order valence-electron chi connectivity index (χ0n) is 10.5. The van der Waals surface area contributed by atoms with Gasteiger partial charge in [0.15, 0.2) is 0 Å². The van der Waals surface area contributed by atoms with E-state index in [-0.39, 0.29) is 9.79 Å². The van der Waals surface area contributed by atoms with Crippen molar-refractivity contribution >= 4 is 36.0 Å². The minimum Gasteiger partial charge on any atom is -0.206 e. The van der Waals surface area contributed by atoms with Crippen LogP contribution in [-0.2, 0) is 20.0 Å². The minimum atomic E-state index is -3.99. The molecule has 2 aromatic carbocycles. The molecule has 0 aromatic heterocycles. The van der Waals surface area contributed by atoms with Crippen molar-refractivity contribution in [1.82, 2.24) is 9.66 Å². The molecule has 0 atom stereocenters. The lowest BCUT2D eigenvalue weighted by molar-refractivity contribution is 0.557. The molecule has 6 nitrogen and oxygen atoms in total. The molecule has 0 saturated carbocycles. The molecule has 0 aliphatic rings. The summed E-state index contributed by atoms with van der Waals surface area (Å²) in [4.78, 5) is 3.60. The van der Waals surface area contributed by atoms with Crippen molar-refractivity contribution in [2.45, 2.75) is 9.79 Å². The van der Waals surface area contributed by atoms with Crippen LogP contribution in [0.15, 0.2) is 68.9 Å². The fourth-order valence-electron chi connectivity index (χ4n) is 1.46. The maximum atomic E-state index is 12.0. The first kappa shape index (κ1) is 16.1. The third-order valence-electron chi connectivity index (χ3n) is 2.47. The molecule has 2 N–H and O–H groups in total. The van der Waals surface area contributed by atoms with Gasteiger partial charge >= 0.3 is 0 Å².